The molecule has 0 bridgehead atoms. The number of rotatable bonds is 5. The van der Waals surface area contributed by atoms with E-state index in [-0.39, 0.29) is 0 Å². The summed E-state index contributed by atoms with van der Waals surface area (Å²) >= 11 is 1.99. The molecule has 1 aliphatic rings. The zero-order chi connectivity index (χ0) is 14.7. The quantitative estimate of drug-likeness (QED) is 0.848. The molecule has 1 aromatic heterocycles. The van der Waals surface area contributed by atoms with Gasteiger partial charge in [-0.05, 0) is 55.1 Å². The second kappa shape index (κ2) is 6.58. The largest absolute Gasteiger partial charge is 0.296 e. The van der Waals surface area contributed by atoms with Crippen LogP contribution >= 0.6 is 11.8 Å². The summed E-state index contributed by atoms with van der Waals surface area (Å²) < 4.78 is 1.83. The van der Waals surface area contributed by atoms with Crippen LogP contribution in [0.3, 0.4) is 0 Å². The summed E-state index contributed by atoms with van der Waals surface area (Å²) in [5.74, 6) is 0.899. The van der Waals surface area contributed by atoms with Crippen LogP contribution in [0.1, 0.15) is 25.1 Å². The number of tetrazole rings is 1. The fourth-order valence-electron chi connectivity index (χ4n) is 2.96. The molecule has 112 valence electrons. The standard InChI is InChI=1S/C15H21N5S/c1-19(13-8-9-14(10-13)21-2)11-15-16-17-18-20(15)12-6-4-3-5-7-12/h3-7,13-14H,8-11H2,1-2H3. The summed E-state index contributed by atoms with van der Waals surface area (Å²) in [5, 5.41) is 13.0. The average Bonchev–Trinajstić information content (AvgIpc) is 3.17. The zero-order valence-corrected chi connectivity index (χ0v) is 13.3. The lowest BCUT2D eigenvalue weighted by Crippen LogP contribution is -2.30. The van der Waals surface area contributed by atoms with Crippen molar-refractivity contribution >= 4 is 11.8 Å². The van der Waals surface area contributed by atoms with E-state index in [9.17, 15) is 0 Å². The van der Waals surface area contributed by atoms with Crippen molar-refractivity contribution in [3.05, 3.63) is 36.2 Å². The van der Waals surface area contributed by atoms with Crippen LogP contribution in [0, 0.1) is 0 Å². The first-order valence-electron chi connectivity index (χ1n) is 7.33. The molecule has 1 aliphatic carbocycles. The highest BCUT2D eigenvalue weighted by atomic mass is 32.2. The number of aromatic nitrogens is 4. The molecule has 0 amide bonds. The van der Waals surface area contributed by atoms with E-state index in [1.807, 2.05) is 46.8 Å². The molecule has 1 fully saturated rings. The number of thioether (sulfide) groups is 1. The second-order valence-corrected chi connectivity index (χ2v) is 6.72. The van der Waals surface area contributed by atoms with Crippen LogP contribution < -0.4 is 0 Å². The van der Waals surface area contributed by atoms with Gasteiger partial charge in [0.2, 0.25) is 0 Å². The molecule has 5 nitrogen and oxygen atoms in total. The van der Waals surface area contributed by atoms with Gasteiger partial charge in [0.1, 0.15) is 0 Å². The van der Waals surface area contributed by atoms with Crippen LogP contribution in [0.5, 0.6) is 0 Å². The van der Waals surface area contributed by atoms with E-state index in [4.69, 9.17) is 0 Å². The van der Waals surface area contributed by atoms with Crippen molar-refractivity contribution in [3.63, 3.8) is 0 Å². The van der Waals surface area contributed by atoms with Crippen LogP contribution in [0.2, 0.25) is 0 Å². The first-order valence-corrected chi connectivity index (χ1v) is 8.62. The fraction of sp³-hybridized carbons (Fsp3) is 0.533. The molecule has 3 rings (SSSR count). The van der Waals surface area contributed by atoms with Gasteiger partial charge in [0.15, 0.2) is 5.82 Å². The maximum atomic E-state index is 4.20. The summed E-state index contributed by atoms with van der Waals surface area (Å²) in [5.41, 5.74) is 1.01. The molecule has 21 heavy (non-hydrogen) atoms. The smallest absolute Gasteiger partial charge is 0.170 e. The molecular weight excluding hydrogens is 282 g/mol. The van der Waals surface area contributed by atoms with Gasteiger partial charge in [-0.3, -0.25) is 4.90 Å². The highest BCUT2D eigenvalue weighted by Gasteiger charge is 2.27. The second-order valence-electron chi connectivity index (χ2n) is 5.58. The van der Waals surface area contributed by atoms with Crippen LogP contribution in [-0.4, -0.2) is 49.7 Å². The third-order valence-corrected chi connectivity index (χ3v) is 5.33. The minimum atomic E-state index is 0.642. The van der Waals surface area contributed by atoms with Gasteiger partial charge < -0.3 is 0 Å². The van der Waals surface area contributed by atoms with E-state index in [0.29, 0.717) is 6.04 Å². The van der Waals surface area contributed by atoms with Gasteiger partial charge in [0.05, 0.1) is 12.2 Å². The maximum Gasteiger partial charge on any atom is 0.170 e. The van der Waals surface area contributed by atoms with Crippen molar-refractivity contribution in [3.8, 4) is 5.69 Å². The van der Waals surface area contributed by atoms with Crippen molar-refractivity contribution in [1.82, 2.24) is 25.1 Å². The topological polar surface area (TPSA) is 46.8 Å². The molecule has 0 saturated heterocycles. The van der Waals surface area contributed by atoms with E-state index in [1.54, 1.807) is 0 Å². The first kappa shape index (κ1) is 14.5. The first-order chi connectivity index (χ1) is 10.3. The van der Waals surface area contributed by atoms with Gasteiger partial charge in [-0.25, -0.2) is 0 Å². The van der Waals surface area contributed by atoms with Gasteiger partial charge in [0.25, 0.3) is 0 Å². The van der Waals surface area contributed by atoms with Crippen molar-refractivity contribution in [2.45, 2.75) is 37.1 Å². The summed E-state index contributed by atoms with van der Waals surface area (Å²) in [6.45, 7) is 0.785. The van der Waals surface area contributed by atoms with E-state index >= 15 is 0 Å². The number of benzene rings is 1. The molecule has 1 saturated carbocycles. The summed E-state index contributed by atoms with van der Waals surface area (Å²) in [4.78, 5) is 2.39. The van der Waals surface area contributed by atoms with E-state index in [0.717, 1.165) is 23.3 Å². The number of para-hydroxylation sites is 1. The Balaban J connectivity index is 1.70. The number of hydrogen-bond donors (Lipinski definition) is 0. The maximum absolute atomic E-state index is 4.20. The molecule has 0 radical (unpaired) electrons. The Bertz CT molecular complexity index is 570. The Hall–Kier alpha value is -1.40. The fourth-order valence-corrected chi connectivity index (χ4v) is 3.74. The van der Waals surface area contributed by atoms with Crippen LogP contribution in [0.25, 0.3) is 5.69 Å². The SMILES string of the molecule is CSC1CCC(N(C)Cc2nnnn2-c2ccccc2)C1. The van der Waals surface area contributed by atoms with Crippen LogP contribution in [0.4, 0.5) is 0 Å². The van der Waals surface area contributed by atoms with Gasteiger partial charge in [-0.15, -0.1) is 5.10 Å². The normalized spacial score (nSPS) is 22.0. The van der Waals surface area contributed by atoms with E-state index in [1.165, 1.54) is 19.3 Å². The Labute approximate surface area is 129 Å². The van der Waals surface area contributed by atoms with E-state index < -0.39 is 0 Å². The summed E-state index contributed by atoms with van der Waals surface area (Å²) in [6.07, 6.45) is 6.07. The third kappa shape index (κ3) is 3.27. The van der Waals surface area contributed by atoms with Crippen molar-refractivity contribution in [2.24, 2.45) is 0 Å². The van der Waals surface area contributed by atoms with Gasteiger partial charge >= 0.3 is 0 Å². The molecule has 0 N–H and O–H groups in total. The monoisotopic (exact) mass is 303 g/mol. The minimum Gasteiger partial charge on any atom is -0.296 e. The van der Waals surface area contributed by atoms with Gasteiger partial charge in [-0.1, -0.05) is 18.2 Å². The Kier molecular flexibility index (Phi) is 4.55. The molecule has 2 atom stereocenters. The lowest BCUT2D eigenvalue weighted by Gasteiger charge is -2.23. The molecule has 0 spiro atoms. The molecular formula is C15H21N5S. The minimum absolute atomic E-state index is 0.642. The highest BCUT2D eigenvalue weighted by Crippen LogP contribution is 2.31. The van der Waals surface area contributed by atoms with Gasteiger partial charge in [0, 0.05) is 11.3 Å². The lowest BCUT2D eigenvalue weighted by molar-refractivity contribution is 0.230. The average molecular weight is 303 g/mol. The van der Waals surface area contributed by atoms with E-state index in [2.05, 4.69) is 33.7 Å². The van der Waals surface area contributed by atoms with Gasteiger partial charge in [-0.2, -0.15) is 16.4 Å². The van der Waals surface area contributed by atoms with Crippen LogP contribution in [-0.2, 0) is 6.54 Å². The molecule has 1 heterocycles. The Morgan fingerprint density at radius 2 is 2.10 bits per heavy atom. The highest BCUT2D eigenvalue weighted by molar-refractivity contribution is 7.99. The summed E-state index contributed by atoms with van der Waals surface area (Å²) in [7, 11) is 2.18. The Morgan fingerprint density at radius 3 is 2.81 bits per heavy atom. The zero-order valence-electron chi connectivity index (χ0n) is 12.5. The predicted octanol–water partition coefficient (Wildman–Crippen LogP) is 2.38. The Morgan fingerprint density at radius 1 is 1.29 bits per heavy atom. The summed E-state index contributed by atoms with van der Waals surface area (Å²) in [6, 6.07) is 10.7. The molecule has 2 unspecified atom stereocenters. The third-order valence-electron chi connectivity index (χ3n) is 4.24. The number of nitrogens with zero attached hydrogens (tertiary/aromatic N) is 5. The van der Waals surface area contributed by atoms with Crippen molar-refractivity contribution < 1.29 is 0 Å². The molecule has 2 aromatic rings. The molecule has 6 heteroatoms. The lowest BCUT2D eigenvalue weighted by atomic mass is 10.2. The predicted molar refractivity (Wildman–Crippen MR) is 85.6 cm³/mol. The van der Waals surface area contributed by atoms with Crippen LogP contribution in [0.15, 0.2) is 30.3 Å². The number of hydrogen-bond acceptors (Lipinski definition) is 5. The molecule has 0 aliphatic heterocycles. The van der Waals surface area contributed by atoms with Crippen molar-refractivity contribution in [2.75, 3.05) is 13.3 Å². The molecule has 1 aromatic carbocycles. The van der Waals surface area contributed by atoms with Crippen molar-refractivity contribution in [1.29, 1.82) is 0 Å².